The number of rotatable bonds is 1. The van der Waals surface area contributed by atoms with E-state index in [4.69, 9.17) is 16.9 Å². The molecule has 0 spiro atoms. The molecule has 0 aliphatic carbocycles. The Morgan fingerprint density at radius 3 is 2.48 bits per heavy atom. The number of fused-ring (bicyclic) bond motifs is 2. The molecule has 2 saturated heterocycles. The van der Waals surface area contributed by atoms with Gasteiger partial charge in [0, 0.05) is 18.2 Å². The third kappa shape index (κ3) is 2.25. The summed E-state index contributed by atoms with van der Waals surface area (Å²) < 4.78 is 0. The van der Waals surface area contributed by atoms with Gasteiger partial charge in [0.1, 0.15) is 11.8 Å². The van der Waals surface area contributed by atoms with Crippen molar-refractivity contribution in [1.82, 2.24) is 0 Å². The standard InChI is InChI=1S/C16H19ClN2O2/c1-9-14(17)10(8-18)5-13(20)15(9)19-11-3-4-12(19)7-16(2,21)6-11/h5,11-12,20-21H,3-4,6-7H2,1-2H3/t11-,12+,16?. The molecule has 0 amide bonds. The molecule has 2 fully saturated rings. The minimum atomic E-state index is -0.637. The molecule has 5 heteroatoms. The van der Waals surface area contributed by atoms with Gasteiger partial charge >= 0.3 is 0 Å². The van der Waals surface area contributed by atoms with E-state index in [2.05, 4.69) is 4.90 Å². The number of hydrogen-bond donors (Lipinski definition) is 2. The second kappa shape index (κ2) is 4.79. The molecule has 0 saturated carbocycles. The zero-order valence-corrected chi connectivity index (χ0v) is 13.0. The molecule has 2 heterocycles. The van der Waals surface area contributed by atoms with Crippen molar-refractivity contribution < 1.29 is 10.2 Å². The molecule has 1 aromatic rings. The Labute approximate surface area is 129 Å². The van der Waals surface area contributed by atoms with Gasteiger partial charge in [-0.3, -0.25) is 0 Å². The summed E-state index contributed by atoms with van der Waals surface area (Å²) >= 11 is 6.25. The summed E-state index contributed by atoms with van der Waals surface area (Å²) in [7, 11) is 0. The number of nitrogens with zero attached hydrogens (tertiary/aromatic N) is 2. The molecule has 2 bridgehead atoms. The SMILES string of the molecule is Cc1c(Cl)c(C#N)cc(O)c1N1[C@@H]2CC[C@H]1CC(C)(O)C2. The fourth-order valence-electron chi connectivity index (χ4n) is 4.00. The molecule has 4 nitrogen and oxygen atoms in total. The molecular formula is C16H19ClN2O2. The molecule has 0 aromatic heterocycles. The highest BCUT2D eigenvalue weighted by molar-refractivity contribution is 6.33. The van der Waals surface area contributed by atoms with Gasteiger partial charge in [0.25, 0.3) is 0 Å². The molecule has 2 aliphatic rings. The Bertz CT molecular complexity index is 620. The minimum Gasteiger partial charge on any atom is -0.506 e. The maximum atomic E-state index is 10.4. The maximum Gasteiger partial charge on any atom is 0.140 e. The van der Waals surface area contributed by atoms with Gasteiger partial charge in [-0.2, -0.15) is 5.26 Å². The number of halogens is 1. The lowest BCUT2D eigenvalue weighted by Gasteiger charge is -2.44. The van der Waals surface area contributed by atoms with Gasteiger partial charge in [0.15, 0.2) is 0 Å². The summed E-state index contributed by atoms with van der Waals surface area (Å²) in [5.74, 6) is 0.104. The summed E-state index contributed by atoms with van der Waals surface area (Å²) in [5.41, 5.74) is 1.13. The molecule has 1 aromatic carbocycles. The van der Waals surface area contributed by atoms with Crippen LogP contribution in [0.2, 0.25) is 5.02 Å². The van der Waals surface area contributed by atoms with Gasteiger partial charge < -0.3 is 15.1 Å². The van der Waals surface area contributed by atoms with Crippen LogP contribution in [0.1, 0.15) is 43.7 Å². The van der Waals surface area contributed by atoms with Crippen LogP contribution in [0.3, 0.4) is 0 Å². The Kier molecular flexibility index (Phi) is 3.31. The van der Waals surface area contributed by atoms with E-state index in [0.717, 1.165) is 24.1 Å². The molecule has 2 aliphatic heterocycles. The van der Waals surface area contributed by atoms with E-state index in [9.17, 15) is 10.2 Å². The predicted octanol–water partition coefficient (Wildman–Crippen LogP) is 3.11. The highest BCUT2D eigenvalue weighted by Gasteiger charge is 2.46. The van der Waals surface area contributed by atoms with Crippen molar-refractivity contribution in [2.45, 2.75) is 57.2 Å². The number of hydrogen-bond acceptors (Lipinski definition) is 4. The largest absolute Gasteiger partial charge is 0.506 e. The third-order valence-corrected chi connectivity index (χ3v) is 5.28. The minimum absolute atomic E-state index is 0.104. The van der Waals surface area contributed by atoms with Crippen LogP contribution in [-0.2, 0) is 0 Å². The number of phenols is 1. The molecule has 1 unspecified atom stereocenters. The predicted molar refractivity (Wildman–Crippen MR) is 81.7 cm³/mol. The van der Waals surface area contributed by atoms with Gasteiger partial charge in [-0.25, -0.2) is 0 Å². The topological polar surface area (TPSA) is 67.5 Å². The van der Waals surface area contributed by atoms with Crippen LogP contribution in [0.25, 0.3) is 0 Å². The van der Waals surface area contributed by atoms with Crippen LogP contribution in [0, 0.1) is 18.3 Å². The zero-order chi connectivity index (χ0) is 15.4. The van der Waals surface area contributed by atoms with Gasteiger partial charge in [0.2, 0.25) is 0 Å². The molecule has 3 atom stereocenters. The van der Waals surface area contributed by atoms with Crippen LogP contribution in [0.4, 0.5) is 5.69 Å². The first-order valence-corrected chi connectivity index (χ1v) is 7.65. The fourth-order valence-corrected chi connectivity index (χ4v) is 4.19. The molecule has 0 radical (unpaired) electrons. The van der Waals surface area contributed by atoms with Gasteiger partial charge in [-0.15, -0.1) is 0 Å². The summed E-state index contributed by atoms with van der Waals surface area (Å²) in [6.45, 7) is 3.72. The fraction of sp³-hybridized carbons (Fsp3) is 0.562. The monoisotopic (exact) mass is 306 g/mol. The van der Waals surface area contributed by atoms with E-state index in [-0.39, 0.29) is 17.8 Å². The van der Waals surface area contributed by atoms with Crippen molar-refractivity contribution in [3.63, 3.8) is 0 Å². The Morgan fingerprint density at radius 1 is 1.38 bits per heavy atom. The number of aliphatic hydroxyl groups is 1. The quantitative estimate of drug-likeness (QED) is 0.836. The number of nitriles is 1. The van der Waals surface area contributed by atoms with Crippen molar-refractivity contribution in [1.29, 1.82) is 5.26 Å². The van der Waals surface area contributed by atoms with Crippen molar-refractivity contribution in [2.24, 2.45) is 0 Å². The summed E-state index contributed by atoms with van der Waals surface area (Å²) in [4.78, 5) is 2.20. The van der Waals surface area contributed by atoms with Crippen molar-refractivity contribution in [3.8, 4) is 11.8 Å². The van der Waals surface area contributed by atoms with E-state index in [1.54, 1.807) is 0 Å². The van der Waals surface area contributed by atoms with E-state index in [1.807, 2.05) is 19.9 Å². The number of benzene rings is 1. The highest BCUT2D eigenvalue weighted by Crippen LogP contribution is 2.48. The van der Waals surface area contributed by atoms with Crippen molar-refractivity contribution in [3.05, 3.63) is 22.2 Å². The highest BCUT2D eigenvalue weighted by atomic mass is 35.5. The van der Waals surface area contributed by atoms with Gasteiger partial charge in [0.05, 0.1) is 21.9 Å². The smallest absolute Gasteiger partial charge is 0.140 e. The average molecular weight is 307 g/mol. The Morgan fingerprint density at radius 2 is 1.95 bits per heavy atom. The maximum absolute atomic E-state index is 10.4. The van der Waals surface area contributed by atoms with Crippen molar-refractivity contribution in [2.75, 3.05) is 4.90 Å². The molecule has 21 heavy (non-hydrogen) atoms. The average Bonchev–Trinajstić information content (AvgIpc) is 2.67. The van der Waals surface area contributed by atoms with E-state index >= 15 is 0 Å². The van der Waals surface area contributed by atoms with Gasteiger partial charge in [-0.1, -0.05) is 11.6 Å². The lowest BCUT2D eigenvalue weighted by atomic mass is 9.87. The molecule has 3 rings (SSSR count). The Hall–Kier alpha value is -1.44. The van der Waals surface area contributed by atoms with Crippen LogP contribution >= 0.6 is 11.6 Å². The van der Waals surface area contributed by atoms with Gasteiger partial charge in [-0.05, 0) is 45.1 Å². The number of anilines is 1. The normalized spacial score (nSPS) is 31.3. The first kappa shape index (κ1) is 14.5. The summed E-state index contributed by atoms with van der Waals surface area (Å²) in [6, 6.07) is 3.88. The Balaban J connectivity index is 2.07. The number of phenolic OH excluding ortho intramolecular Hbond substituents is 1. The summed E-state index contributed by atoms with van der Waals surface area (Å²) in [5, 5.41) is 30.2. The molecule has 2 N–H and O–H groups in total. The molecule has 112 valence electrons. The zero-order valence-electron chi connectivity index (χ0n) is 12.2. The number of aromatic hydroxyl groups is 1. The number of piperidine rings is 1. The van der Waals surface area contributed by atoms with E-state index in [0.29, 0.717) is 23.4 Å². The lowest BCUT2D eigenvalue weighted by molar-refractivity contribution is 0.0198. The van der Waals surface area contributed by atoms with E-state index in [1.165, 1.54) is 6.07 Å². The van der Waals surface area contributed by atoms with Crippen LogP contribution in [0.5, 0.6) is 5.75 Å². The lowest BCUT2D eigenvalue weighted by Crippen LogP contribution is -2.50. The first-order valence-electron chi connectivity index (χ1n) is 7.27. The summed E-state index contributed by atoms with van der Waals surface area (Å²) in [6.07, 6.45) is 3.41. The second-order valence-corrected chi connectivity index (χ2v) is 6.92. The van der Waals surface area contributed by atoms with Crippen molar-refractivity contribution >= 4 is 17.3 Å². The van der Waals surface area contributed by atoms with Crippen LogP contribution < -0.4 is 4.90 Å². The van der Waals surface area contributed by atoms with E-state index < -0.39 is 5.60 Å². The van der Waals surface area contributed by atoms with Crippen LogP contribution in [0.15, 0.2) is 6.07 Å². The second-order valence-electron chi connectivity index (χ2n) is 6.54. The van der Waals surface area contributed by atoms with Crippen LogP contribution in [-0.4, -0.2) is 27.9 Å². The first-order chi connectivity index (χ1) is 9.84. The third-order valence-electron chi connectivity index (χ3n) is 4.79. The molecular weight excluding hydrogens is 288 g/mol.